The van der Waals surface area contributed by atoms with Gasteiger partial charge >= 0.3 is 0 Å². The third-order valence-electron chi connectivity index (χ3n) is 2.79. The van der Waals surface area contributed by atoms with E-state index < -0.39 is 15.6 Å². The first kappa shape index (κ1) is 16.0. The fraction of sp³-hybridized carbons (Fsp3) is 0.250. The summed E-state index contributed by atoms with van der Waals surface area (Å²) in [5.41, 5.74) is 1.25. The van der Waals surface area contributed by atoms with Crippen molar-refractivity contribution in [1.82, 2.24) is 4.72 Å². The molecule has 0 spiro atoms. The molecule has 0 unspecified atom stereocenters. The molecule has 2 aromatic carbocycles. The quantitative estimate of drug-likeness (QED) is 0.925. The van der Waals surface area contributed by atoms with Gasteiger partial charge in [-0.25, -0.2) is 13.1 Å². The van der Waals surface area contributed by atoms with Crippen molar-refractivity contribution >= 4 is 21.6 Å². The van der Waals surface area contributed by atoms with Crippen LogP contribution >= 0.6 is 11.6 Å². The molecular formula is C16H18ClNO2S. The molecule has 21 heavy (non-hydrogen) atoms. The van der Waals surface area contributed by atoms with Crippen molar-refractivity contribution in [3.8, 4) is 11.1 Å². The number of sulfonamides is 1. The third-order valence-corrected chi connectivity index (χ3v) is 4.89. The number of hydrogen-bond donors (Lipinski definition) is 1. The Kier molecular flexibility index (Phi) is 4.42. The summed E-state index contributed by atoms with van der Waals surface area (Å²) in [7, 11) is -3.51. The van der Waals surface area contributed by atoms with Crippen molar-refractivity contribution in [3.05, 3.63) is 53.6 Å². The first-order chi connectivity index (χ1) is 9.69. The van der Waals surface area contributed by atoms with Crippen molar-refractivity contribution in [2.24, 2.45) is 0 Å². The number of nitrogens with one attached hydrogen (secondary N) is 1. The van der Waals surface area contributed by atoms with E-state index in [2.05, 4.69) is 4.72 Å². The molecule has 0 aliphatic carbocycles. The second kappa shape index (κ2) is 5.79. The summed E-state index contributed by atoms with van der Waals surface area (Å²) in [6, 6.07) is 14.2. The largest absolute Gasteiger partial charge is 0.241 e. The van der Waals surface area contributed by atoms with E-state index in [9.17, 15) is 8.42 Å². The molecule has 0 radical (unpaired) electrons. The van der Waals surface area contributed by atoms with Gasteiger partial charge in [-0.2, -0.15) is 0 Å². The maximum atomic E-state index is 12.2. The van der Waals surface area contributed by atoms with Gasteiger partial charge in [0.1, 0.15) is 0 Å². The number of benzene rings is 2. The lowest BCUT2D eigenvalue weighted by Gasteiger charge is -2.20. The summed E-state index contributed by atoms with van der Waals surface area (Å²) in [6.45, 7) is 5.42. The maximum absolute atomic E-state index is 12.2. The van der Waals surface area contributed by atoms with E-state index in [1.165, 1.54) is 0 Å². The van der Waals surface area contributed by atoms with Crippen LogP contribution in [0.15, 0.2) is 53.4 Å². The molecule has 2 rings (SSSR count). The lowest BCUT2D eigenvalue weighted by atomic mass is 10.1. The van der Waals surface area contributed by atoms with Crippen LogP contribution in [0.4, 0.5) is 0 Å². The summed E-state index contributed by atoms with van der Waals surface area (Å²) in [6.07, 6.45) is 0. The predicted octanol–water partition coefficient (Wildman–Crippen LogP) is 4.08. The Morgan fingerprint density at radius 1 is 0.952 bits per heavy atom. The SMILES string of the molecule is CC(C)(C)NS(=O)(=O)c1ccc(-c2ccccc2Cl)cc1. The number of hydrogen-bond acceptors (Lipinski definition) is 2. The molecule has 1 N–H and O–H groups in total. The Morgan fingerprint density at radius 2 is 1.52 bits per heavy atom. The average molecular weight is 324 g/mol. The van der Waals surface area contributed by atoms with E-state index in [1.54, 1.807) is 24.3 Å². The molecule has 3 nitrogen and oxygen atoms in total. The summed E-state index contributed by atoms with van der Waals surface area (Å²) >= 11 is 6.14. The van der Waals surface area contributed by atoms with Crippen molar-refractivity contribution in [2.75, 3.05) is 0 Å². The molecule has 112 valence electrons. The van der Waals surface area contributed by atoms with Crippen LogP contribution in [0.1, 0.15) is 20.8 Å². The molecule has 0 fully saturated rings. The van der Waals surface area contributed by atoms with Gasteiger partial charge in [0.15, 0.2) is 0 Å². The van der Waals surface area contributed by atoms with E-state index in [0.29, 0.717) is 5.02 Å². The Bertz CT molecular complexity index is 732. The molecule has 0 aliphatic heterocycles. The number of rotatable bonds is 3. The van der Waals surface area contributed by atoms with Crippen LogP contribution in [0, 0.1) is 0 Å². The van der Waals surface area contributed by atoms with Gasteiger partial charge in [-0.3, -0.25) is 0 Å². The third kappa shape index (κ3) is 4.06. The van der Waals surface area contributed by atoms with Crippen molar-refractivity contribution in [3.63, 3.8) is 0 Å². The maximum Gasteiger partial charge on any atom is 0.241 e. The predicted molar refractivity (Wildman–Crippen MR) is 87.0 cm³/mol. The summed E-state index contributed by atoms with van der Waals surface area (Å²) in [4.78, 5) is 0.244. The molecule has 0 bridgehead atoms. The fourth-order valence-electron chi connectivity index (χ4n) is 1.97. The molecule has 0 aliphatic rings. The Morgan fingerprint density at radius 3 is 2.05 bits per heavy atom. The van der Waals surface area contributed by atoms with Gasteiger partial charge in [0.05, 0.1) is 4.90 Å². The van der Waals surface area contributed by atoms with Crippen LogP contribution in [0.3, 0.4) is 0 Å². The topological polar surface area (TPSA) is 46.2 Å². The van der Waals surface area contributed by atoms with E-state index in [-0.39, 0.29) is 4.90 Å². The van der Waals surface area contributed by atoms with E-state index in [4.69, 9.17) is 11.6 Å². The lowest BCUT2D eigenvalue weighted by Crippen LogP contribution is -2.40. The summed E-state index contributed by atoms with van der Waals surface area (Å²) < 4.78 is 27.1. The Balaban J connectivity index is 2.34. The smallest absolute Gasteiger partial charge is 0.207 e. The molecule has 2 aromatic rings. The zero-order valence-corrected chi connectivity index (χ0v) is 13.8. The molecule has 0 heterocycles. The summed E-state index contributed by atoms with van der Waals surface area (Å²) in [5, 5.41) is 0.640. The van der Waals surface area contributed by atoms with Gasteiger partial charge < -0.3 is 0 Å². The minimum absolute atomic E-state index is 0.244. The van der Waals surface area contributed by atoms with E-state index in [0.717, 1.165) is 11.1 Å². The van der Waals surface area contributed by atoms with Crippen LogP contribution in [0.5, 0.6) is 0 Å². The minimum Gasteiger partial charge on any atom is -0.207 e. The standard InChI is InChI=1S/C16H18ClNO2S/c1-16(2,3)18-21(19,20)13-10-8-12(9-11-13)14-6-4-5-7-15(14)17/h4-11,18H,1-3H3. The normalized spacial score (nSPS) is 12.4. The first-order valence-electron chi connectivity index (χ1n) is 6.58. The molecule has 0 atom stereocenters. The molecule has 0 amide bonds. The number of halogens is 1. The van der Waals surface area contributed by atoms with Gasteiger partial charge in [-0.05, 0) is 44.5 Å². The molecule has 0 aromatic heterocycles. The van der Waals surface area contributed by atoms with Crippen molar-refractivity contribution in [2.45, 2.75) is 31.2 Å². The molecular weight excluding hydrogens is 306 g/mol. The van der Waals surface area contributed by atoms with Crippen LogP contribution in [-0.4, -0.2) is 14.0 Å². The molecule has 0 saturated heterocycles. The van der Waals surface area contributed by atoms with Crippen LogP contribution in [0.2, 0.25) is 5.02 Å². The second-order valence-corrected chi connectivity index (χ2v) is 7.95. The van der Waals surface area contributed by atoms with Crippen molar-refractivity contribution in [1.29, 1.82) is 0 Å². The highest BCUT2D eigenvalue weighted by Crippen LogP contribution is 2.28. The lowest BCUT2D eigenvalue weighted by molar-refractivity contribution is 0.491. The second-order valence-electron chi connectivity index (χ2n) is 5.86. The molecule has 0 saturated carbocycles. The summed E-state index contributed by atoms with van der Waals surface area (Å²) in [5.74, 6) is 0. The van der Waals surface area contributed by atoms with Gasteiger partial charge in [0.25, 0.3) is 0 Å². The average Bonchev–Trinajstić information content (AvgIpc) is 2.37. The van der Waals surface area contributed by atoms with Gasteiger partial charge in [0.2, 0.25) is 10.0 Å². The van der Waals surface area contributed by atoms with Gasteiger partial charge in [-0.15, -0.1) is 0 Å². The van der Waals surface area contributed by atoms with Crippen LogP contribution < -0.4 is 4.72 Å². The van der Waals surface area contributed by atoms with Gasteiger partial charge in [0, 0.05) is 16.1 Å². The highest BCUT2D eigenvalue weighted by molar-refractivity contribution is 7.89. The zero-order chi connectivity index (χ0) is 15.7. The molecule has 5 heteroatoms. The Labute approximate surface area is 131 Å². The van der Waals surface area contributed by atoms with E-state index >= 15 is 0 Å². The van der Waals surface area contributed by atoms with Gasteiger partial charge in [-0.1, -0.05) is 41.9 Å². The zero-order valence-electron chi connectivity index (χ0n) is 12.2. The van der Waals surface area contributed by atoms with E-state index in [1.807, 2.05) is 45.0 Å². The fourth-order valence-corrected chi connectivity index (χ4v) is 3.63. The van der Waals surface area contributed by atoms with Crippen LogP contribution in [0.25, 0.3) is 11.1 Å². The van der Waals surface area contributed by atoms with Crippen molar-refractivity contribution < 1.29 is 8.42 Å². The Hall–Kier alpha value is -1.36. The highest BCUT2D eigenvalue weighted by atomic mass is 35.5. The van der Waals surface area contributed by atoms with Crippen LogP contribution in [-0.2, 0) is 10.0 Å². The first-order valence-corrected chi connectivity index (χ1v) is 8.44. The highest BCUT2D eigenvalue weighted by Gasteiger charge is 2.21. The minimum atomic E-state index is -3.51. The monoisotopic (exact) mass is 323 g/mol.